The molecule has 1 saturated heterocycles. The van der Waals surface area contributed by atoms with Crippen LogP contribution in [0, 0.1) is 13.8 Å². The Labute approximate surface area is 306 Å². The van der Waals surface area contributed by atoms with Crippen LogP contribution in [0.4, 0.5) is 0 Å². The van der Waals surface area contributed by atoms with Crippen LogP contribution < -0.4 is 10.0 Å². The number of sulfonamides is 1. The van der Waals surface area contributed by atoms with Gasteiger partial charge in [-0.2, -0.15) is 4.72 Å². The number of aliphatic hydroxyl groups excluding tert-OH is 1. The number of aryl methyl sites for hydroxylation is 2. The van der Waals surface area contributed by atoms with Gasteiger partial charge in [-0.05, 0) is 54.7 Å². The number of nitrogens with zero attached hydrogens (tertiary/aromatic N) is 2. The first-order valence-corrected chi connectivity index (χ1v) is 19.9. The first-order chi connectivity index (χ1) is 24.6. The van der Waals surface area contributed by atoms with Gasteiger partial charge in [0, 0.05) is 24.3 Å². The SMILES string of the molecule is Cc1ccc(S(=O)(=O)N[C@H](Cc2ccccc2)C(=O)NCc2ccc([C@@H]3O[C@H](CSc4nnc(C)s4)C[C@H](c4ccc(CO)cc4)O3)cc2)cc1. The van der Waals surface area contributed by atoms with E-state index < -0.39 is 28.3 Å². The second kappa shape index (κ2) is 17.0. The van der Waals surface area contributed by atoms with Crippen LogP contribution in [0.5, 0.6) is 0 Å². The molecule has 266 valence electrons. The van der Waals surface area contributed by atoms with Gasteiger partial charge < -0.3 is 19.9 Å². The number of benzene rings is 4. The summed E-state index contributed by atoms with van der Waals surface area (Å²) >= 11 is 3.17. The molecule has 1 aliphatic rings. The number of amides is 1. The van der Waals surface area contributed by atoms with Crippen LogP contribution in [0.2, 0.25) is 0 Å². The van der Waals surface area contributed by atoms with Crippen molar-refractivity contribution in [1.82, 2.24) is 20.2 Å². The van der Waals surface area contributed by atoms with E-state index in [1.807, 2.05) is 92.7 Å². The fourth-order valence-electron chi connectivity index (χ4n) is 5.64. The van der Waals surface area contributed by atoms with Crippen LogP contribution in [0.25, 0.3) is 0 Å². The molecule has 4 atom stereocenters. The van der Waals surface area contributed by atoms with E-state index in [1.54, 1.807) is 35.2 Å². The lowest BCUT2D eigenvalue weighted by molar-refractivity contribution is -0.245. The molecule has 2 heterocycles. The van der Waals surface area contributed by atoms with Crippen LogP contribution in [0.15, 0.2) is 112 Å². The maximum Gasteiger partial charge on any atom is 0.241 e. The van der Waals surface area contributed by atoms with Gasteiger partial charge in [-0.1, -0.05) is 120 Å². The number of nitrogens with one attached hydrogen (secondary N) is 2. The average Bonchev–Trinajstić information content (AvgIpc) is 3.58. The summed E-state index contributed by atoms with van der Waals surface area (Å²) in [5.74, 6) is 0.250. The second-order valence-electron chi connectivity index (χ2n) is 12.4. The summed E-state index contributed by atoms with van der Waals surface area (Å²) in [5.41, 5.74) is 5.27. The number of ether oxygens (including phenoxy) is 2. The van der Waals surface area contributed by atoms with E-state index in [9.17, 15) is 18.3 Å². The normalized spacial score (nSPS) is 18.3. The summed E-state index contributed by atoms with van der Waals surface area (Å²) < 4.78 is 43.0. The maximum atomic E-state index is 13.5. The zero-order valence-electron chi connectivity index (χ0n) is 28.3. The lowest BCUT2D eigenvalue weighted by atomic mass is 10.0. The molecule has 10 nitrogen and oxygen atoms in total. The highest BCUT2D eigenvalue weighted by Crippen LogP contribution is 2.39. The molecule has 5 aromatic rings. The summed E-state index contributed by atoms with van der Waals surface area (Å²) in [5, 5.41) is 21.7. The van der Waals surface area contributed by atoms with Crippen LogP contribution in [0.3, 0.4) is 0 Å². The molecule has 0 aliphatic carbocycles. The summed E-state index contributed by atoms with van der Waals surface area (Å²) in [7, 11) is -3.95. The molecular formula is C38H40N4O6S3. The third-order valence-electron chi connectivity index (χ3n) is 8.46. The van der Waals surface area contributed by atoms with Crippen LogP contribution in [-0.2, 0) is 43.9 Å². The summed E-state index contributed by atoms with van der Waals surface area (Å²) in [4.78, 5) is 13.6. The molecule has 1 amide bonds. The van der Waals surface area contributed by atoms with Crippen molar-refractivity contribution in [2.75, 3.05) is 5.75 Å². The van der Waals surface area contributed by atoms with Gasteiger partial charge in [0.2, 0.25) is 15.9 Å². The molecule has 1 fully saturated rings. The van der Waals surface area contributed by atoms with E-state index in [2.05, 4.69) is 20.2 Å². The third kappa shape index (κ3) is 10.1. The van der Waals surface area contributed by atoms with Gasteiger partial charge in [0.25, 0.3) is 0 Å². The Morgan fingerprint density at radius 1 is 0.882 bits per heavy atom. The molecule has 1 aromatic heterocycles. The highest BCUT2D eigenvalue weighted by Gasteiger charge is 2.33. The molecule has 6 rings (SSSR count). The molecule has 1 aliphatic heterocycles. The number of aromatic nitrogens is 2. The Kier molecular flexibility index (Phi) is 12.3. The van der Waals surface area contributed by atoms with Crippen molar-refractivity contribution in [3.05, 3.63) is 142 Å². The molecular weight excluding hydrogens is 705 g/mol. The molecule has 3 N–H and O–H groups in total. The number of rotatable bonds is 14. The molecule has 51 heavy (non-hydrogen) atoms. The van der Waals surface area contributed by atoms with E-state index in [-0.39, 0.29) is 36.7 Å². The van der Waals surface area contributed by atoms with Crippen molar-refractivity contribution in [2.24, 2.45) is 0 Å². The Morgan fingerprint density at radius 2 is 1.57 bits per heavy atom. The predicted molar refractivity (Wildman–Crippen MR) is 198 cm³/mol. The average molecular weight is 745 g/mol. The van der Waals surface area contributed by atoms with E-state index in [1.165, 1.54) is 12.1 Å². The van der Waals surface area contributed by atoms with Crippen LogP contribution in [-0.4, -0.2) is 47.5 Å². The first kappa shape index (κ1) is 36.8. The molecule has 0 saturated carbocycles. The fourth-order valence-corrected chi connectivity index (χ4v) is 8.69. The molecule has 0 unspecified atom stereocenters. The molecule has 0 spiro atoms. The molecule has 0 bridgehead atoms. The minimum absolute atomic E-state index is 0.0262. The van der Waals surface area contributed by atoms with E-state index in [0.29, 0.717) is 12.2 Å². The Balaban J connectivity index is 1.13. The van der Waals surface area contributed by atoms with Gasteiger partial charge in [0.15, 0.2) is 10.6 Å². The largest absolute Gasteiger partial charge is 0.392 e. The van der Waals surface area contributed by atoms with Gasteiger partial charge in [-0.3, -0.25) is 4.79 Å². The smallest absolute Gasteiger partial charge is 0.241 e. The van der Waals surface area contributed by atoms with Crippen molar-refractivity contribution in [1.29, 1.82) is 0 Å². The van der Waals surface area contributed by atoms with Gasteiger partial charge in [-0.25, -0.2) is 8.42 Å². The van der Waals surface area contributed by atoms with E-state index >= 15 is 0 Å². The van der Waals surface area contributed by atoms with Crippen molar-refractivity contribution in [2.45, 2.75) is 73.6 Å². The minimum Gasteiger partial charge on any atom is -0.392 e. The summed E-state index contributed by atoms with van der Waals surface area (Å²) in [6.07, 6.45) is -0.123. The topological polar surface area (TPSA) is 140 Å². The Morgan fingerprint density at radius 3 is 2.24 bits per heavy atom. The standard InChI is InChI=1S/C38H40N4O6S3/c1-25-8-18-33(19-9-25)51(45,46)42-34(20-27-6-4-3-5-7-27)36(44)39-22-28-10-16-31(17-11-28)37-47-32(24-49-38-41-40-26(2)50-38)21-35(48-37)30-14-12-29(23-43)13-15-30/h3-19,32,34-35,37,42-43H,20-24H2,1-2H3,(H,39,44)/t32-,34+,35+,37+/m0/s1. The number of hydrogen-bond acceptors (Lipinski definition) is 10. The minimum atomic E-state index is -3.95. The van der Waals surface area contributed by atoms with Crippen molar-refractivity contribution >= 4 is 39.0 Å². The molecule has 0 radical (unpaired) electrons. The lowest BCUT2D eigenvalue weighted by Gasteiger charge is -2.36. The number of carbonyl (C=O) groups is 1. The highest BCUT2D eigenvalue weighted by atomic mass is 32.2. The van der Waals surface area contributed by atoms with Gasteiger partial charge in [-0.15, -0.1) is 10.2 Å². The van der Waals surface area contributed by atoms with Gasteiger partial charge in [0.1, 0.15) is 11.0 Å². The van der Waals surface area contributed by atoms with Gasteiger partial charge in [0.05, 0.1) is 23.7 Å². The quantitative estimate of drug-likeness (QED) is 0.114. The number of hydrogen-bond donors (Lipinski definition) is 3. The van der Waals surface area contributed by atoms with Crippen molar-refractivity contribution in [3.8, 4) is 0 Å². The van der Waals surface area contributed by atoms with Crippen molar-refractivity contribution < 1.29 is 27.8 Å². The van der Waals surface area contributed by atoms with Crippen LogP contribution >= 0.6 is 23.1 Å². The fraction of sp³-hybridized carbons (Fsp3) is 0.289. The third-order valence-corrected chi connectivity index (χ3v) is 12.1. The maximum absolute atomic E-state index is 13.5. The summed E-state index contributed by atoms with van der Waals surface area (Å²) in [6.45, 7) is 3.99. The lowest BCUT2D eigenvalue weighted by Crippen LogP contribution is -2.47. The number of carbonyl (C=O) groups excluding carboxylic acids is 1. The first-order valence-electron chi connectivity index (χ1n) is 16.6. The van der Waals surface area contributed by atoms with E-state index in [0.717, 1.165) is 42.7 Å². The van der Waals surface area contributed by atoms with Crippen LogP contribution in [0.1, 0.15) is 57.2 Å². The Hall–Kier alpha value is -3.95. The summed E-state index contributed by atoms with van der Waals surface area (Å²) in [6, 6.07) is 30.2. The second-order valence-corrected chi connectivity index (χ2v) is 16.5. The molecule has 13 heteroatoms. The van der Waals surface area contributed by atoms with Gasteiger partial charge >= 0.3 is 0 Å². The zero-order valence-corrected chi connectivity index (χ0v) is 30.7. The number of thioether (sulfide) groups is 1. The highest BCUT2D eigenvalue weighted by molar-refractivity contribution is 8.01. The Bertz CT molecular complexity index is 1990. The monoisotopic (exact) mass is 744 g/mol. The number of aliphatic hydroxyl groups is 1. The predicted octanol–water partition coefficient (Wildman–Crippen LogP) is 6.19. The zero-order chi connectivity index (χ0) is 35.8. The van der Waals surface area contributed by atoms with E-state index in [4.69, 9.17) is 9.47 Å². The molecule has 4 aromatic carbocycles. The van der Waals surface area contributed by atoms with Crippen molar-refractivity contribution in [3.63, 3.8) is 0 Å².